The van der Waals surface area contributed by atoms with E-state index < -0.39 is 53.7 Å². The van der Waals surface area contributed by atoms with Crippen LogP contribution < -0.4 is 0 Å². The van der Waals surface area contributed by atoms with E-state index in [1.165, 1.54) is 39.5 Å². The van der Waals surface area contributed by atoms with Gasteiger partial charge < -0.3 is 23.7 Å². The van der Waals surface area contributed by atoms with Crippen molar-refractivity contribution in [1.82, 2.24) is 0 Å². The zero-order chi connectivity index (χ0) is 24.5. The van der Waals surface area contributed by atoms with Crippen LogP contribution in [0.2, 0.25) is 0 Å². The topological polar surface area (TPSA) is 114 Å². The second kappa shape index (κ2) is 13.0. The molecule has 182 valence electrons. The zero-order valence-electron chi connectivity index (χ0n) is 18.8. The van der Waals surface area contributed by atoms with E-state index in [-0.39, 0.29) is 6.61 Å². The Hall–Kier alpha value is -2.11. The van der Waals surface area contributed by atoms with E-state index in [0.29, 0.717) is 5.75 Å². The predicted molar refractivity (Wildman–Crippen MR) is 122 cm³/mol. The highest BCUT2D eigenvalue weighted by atomic mass is 79.9. The van der Waals surface area contributed by atoms with Crippen LogP contribution in [0.25, 0.3) is 0 Å². The van der Waals surface area contributed by atoms with Gasteiger partial charge in [-0.15, -0.1) is 11.8 Å². The van der Waals surface area contributed by atoms with Gasteiger partial charge in [0.05, 0.1) is 0 Å². The highest BCUT2D eigenvalue weighted by Crippen LogP contribution is 2.35. The van der Waals surface area contributed by atoms with Gasteiger partial charge in [0.1, 0.15) is 18.1 Å². The summed E-state index contributed by atoms with van der Waals surface area (Å²) in [5.74, 6) is -1.99. The highest BCUT2D eigenvalue weighted by Gasteiger charge is 2.52. The summed E-state index contributed by atoms with van der Waals surface area (Å²) in [5, 5.41) is 0.736. The van der Waals surface area contributed by atoms with Crippen molar-refractivity contribution in [2.45, 2.75) is 68.6 Å². The van der Waals surface area contributed by atoms with Gasteiger partial charge in [0, 0.05) is 38.8 Å². The summed E-state index contributed by atoms with van der Waals surface area (Å²) in [4.78, 5) is 46.8. The number of thioether (sulfide) groups is 1. The third-order valence-electron chi connectivity index (χ3n) is 4.54. The van der Waals surface area contributed by atoms with E-state index in [4.69, 9.17) is 23.7 Å². The number of carbonyl (C=O) groups is 4. The van der Waals surface area contributed by atoms with Crippen LogP contribution in [0.5, 0.6) is 0 Å². The molecule has 1 heterocycles. The molecule has 0 bridgehead atoms. The first-order valence-corrected chi connectivity index (χ1v) is 12.3. The lowest BCUT2D eigenvalue weighted by Gasteiger charge is -2.44. The molecule has 11 heteroatoms. The molecule has 1 saturated heterocycles. The van der Waals surface area contributed by atoms with Crippen LogP contribution in [-0.4, -0.2) is 60.3 Å². The standard InChI is InChI=1S/C22H27BrO9S/c1-12(24)28-10-18-19(29-13(2)25)20(30-14(3)26)21(31-15(4)27)22(32-18)33-11-17-7-5-16(9-23)6-8-17/h5-8,18-22H,9-11H2,1-4H3/t18-,19-,20+,21-,22+/m1/s1. The normalized spacial score (nSPS) is 24.5. The Bertz CT molecular complexity index is 845. The average Bonchev–Trinajstić information content (AvgIpc) is 2.73. The lowest BCUT2D eigenvalue weighted by molar-refractivity contribution is -0.237. The van der Waals surface area contributed by atoms with Gasteiger partial charge in [-0.1, -0.05) is 40.2 Å². The Morgan fingerprint density at radius 2 is 1.33 bits per heavy atom. The van der Waals surface area contributed by atoms with Gasteiger partial charge in [0.25, 0.3) is 0 Å². The summed E-state index contributed by atoms with van der Waals surface area (Å²) < 4.78 is 27.4. The number of esters is 4. The van der Waals surface area contributed by atoms with Crippen molar-refractivity contribution in [1.29, 1.82) is 0 Å². The minimum absolute atomic E-state index is 0.241. The summed E-state index contributed by atoms with van der Waals surface area (Å²) in [6, 6.07) is 7.90. The van der Waals surface area contributed by atoms with Crippen LogP contribution in [0, 0.1) is 0 Å². The SMILES string of the molecule is CC(=O)OC[C@H]1O[C@@H](SCc2ccc(CBr)cc2)[C@H](OC(C)=O)[C@@H](OC(C)=O)[C@@H]1OC(C)=O. The molecule has 1 aliphatic heterocycles. The molecule has 0 amide bonds. The maximum absolute atomic E-state index is 11.9. The summed E-state index contributed by atoms with van der Waals surface area (Å²) in [6.07, 6.45) is -4.30. The van der Waals surface area contributed by atoms with Gasteiger partial charge in [0.2, 0.25) is 0 Å². The fourth-order valence-electron chi connectivity index (χ4n) is 3.23. The summed E-state index contributed by atoms with van der Waals surface area (Å²) in [6.45, 7) is 4.59. The Kier molecular flexibility index (Phi) is 10.6. The van der Waals surface area contributed by atoms with Crippen molar-refractivity contribution in [2.24, 2.45) is 0 Å². The smallest absolute Gasteiger partial charge is 0.303 e. The molecule has 33 heavy (non-hydrogen) atoms. The molecule has 0 saturated carbocycles. The van der Waals surface area contributed by atoms with Crippen LogP contribution in [0.15, 0.2) is 24.3 Å². The molecule has 0 spiro atoms. The van der Waals surface area contributed by atoms with E-state index in [1.54, 1.807) is 0 Å². The molecule has 9 nitrogen and oxygen atoms in total. The molecule has 1 aromatic carbocycles. The van der Waals surface area contributed by atoms with Gasteiger partial charge in [0.15, 0.2) is 18.3 Å². The van der Waals surface area contributed by atoms with Crippen LogP contribution >= 0.6 is 27.7 Å². The van der Waals surface area contributed by atoms with E-state index in [1.807, 2.05) is 24.3 Å². The maximum atomic E-state index is 11.9. The number of benzene rings is 1. The van der Waals surface area contributed by atoms with Crippen molar-refractivity contribution in [3.8, 4) is 0 Å². The van der Waals surface area contributed by atoms with Gasteiger partial charge in [-0.05, 0) is 11.1 Å². The number of rotatable bonds is 9. The van der Waals surface area contributed by atoms with E-state index >= 15 is 0 Å². The molecular weight excluding hydrogens is 520 g/mol. The Morgan fingerprint density at radius 1 is 0.818 bits per heavy atom. The van der Waals surface area contributed by atoms with Crippen LogP contribution in [0.4, 0.5) is 0 Å². The molecule has 0 N–H and O–H groups in total. The minimum atomic E-state index is -1.15. The number of alkyl halides is 1. The maximum Gasteiger partial charge on any atom is 0.303 e. The van der Waals surface area contributed by atoms with Crippen LogP contribution in [0.3, 0.4) is 0 Å². The average molecular weight is 547 g/mol. The zero-order valence-corrected chi connectivity index (χ0v) is 21.2. The third kappa shape index (κ3) is 8.63. The fraction of sp³-hybridized carbons (Fsp3) is 0.545. The third-order valence-corrected chi connectivity index (χ3v) is 6.40. The van der Waals surface area contributed by atoms with Gasteiger partial charge in [-0.2, -0.15) is 0 Å². The Labute approximate surface area is 204 Å². The number of hydrogen-bond acceptors (Lipinski definition) is 10. The molecule has 1 aromatic rings. The van der Waals surface area contributed by atoms with Crippen LogP contribution in [-0.2, 0) is 53.9 Å². The van der Waals surface area contributed by atoms with Crippen molar-refractivity contribution in [3.05, 3.63) is 35.4 Å². The first kappa shape index (κ1) is 27.1. The van der Waals surface area contributed by atoms with Crippen molar-refractivity contribution in [2.75, 3.05) is 6.61 Å². The van der Waals surface area contributed by atoms with Gasteiger partial charge in [-0.25, -0.2) is 0 Å². The van der Waals surface area contributed by atoms with Crippen molar-refractivity contribution >= 4 is 51.6 Å². The second-order valence-electron chi connectivity index (χ2n) is 7.33. The minimum Gasteiger partial charge on any atom is -0.463 e. The lowest BCUT2D eigenvalue weighted by Crippen LogP contribution is -2.61. The number of carbonyl (C=O) groups excluding carboxylic acids is 4. The first-order chi connectivity index (χ1) is 15.6. The first-order valence-electron chi connectivity index (χ1n) is 10.2. The molecule has 0 aliphatic carbocycles. The van der Waals surface area contributed by atoms with Gasteiger partial charge in [-0.3, -0.25) is 19.2 Å². The Balaban J connectivity index is 2.33. The van der Waals surface area contributed by atoms with Crippen LogP contribution in [0.1, 0.15) is 38.8 Å². The lowest BCUT2D eigenvalue weighted by atomic mass is 9.99. The van der Waals surface area contributed by atoms with Crippen molar-refractivity contribution in [3.63, 3.8) is 0 Å². The molecular formula is C22H27BrO9S. The predicted octanol–water partition coefficient (Wildman–Crippen LogP) is 2.90. The number of halogens is 1. The summed E-state index contributed by atoms with van der Waals surface area (Å²) >= 11 is 4.73. The van der Waals surface area contributed by atoms with E-state index in [0.717, 1.165) is 16.5 Å². The molecule has 0 radical (unpaired) electrons. The second-order valence-corrected chi connectivity index (χ2v) is 8.98. The molecule has 1 aliphatic rings. The highest BCUT2D eigenvalue weighted by molar-refractivity contribution is 9.08. The summed E-state index contributed by atoms with van der Waals surface area (Å²) in [7, 11) is 0. The number of ether oxygens (including phenoxy) is 5. The van der Waals surface area contributed by atoms with E-state index in [9.17, 15) is 19.2 Å². The molecule has 1 fully saturated rings. The molecule has 0 aromatic heterocycles. The summed E-state index contributed by atoms with van der Waals surface area (Å²) in [5.41, 5.74) is 1.33. The Morgan fingerprint density at radius 3 is 1.85 bits per heavy atom. The fourth-order valence-corrected chi connectivity index (χ4v) is 4.77. The van der Waals surface area contributed by atoms with E-state index in [2.05, 4.69) is 15.9 Å². The number of hydrogen-bond donors (Lipinski definition) is 0. The molecule has 5 atom stereocenters. The van der Waals surface area contributed by atoms with Gasteiger partial charge >= 0.3 is 23.9 Å². The van der Waals surface area contributed by atoms with Crippen molar-refractivity contribution < 1.29 is 42.9 Å². The monoisotopic (exact) mass is 546 g/mol. The molecule has 0 unspecified atom stereocenters. The largest absolute Gasteiger partial charge is 0.463 e. The molecule has 2 rings (SSSR count). The quantitative estimate of drug-likeness (QED) is 0.260.